The number of nitrogens with zero attached hydrogens (tertiary/aromatic N) is 1. The Hall–Kier alpha value is -0.850. The molecule has 0 aliphatic rings. The number of aromatic nitrogens is 1. The van der Waals surface area contributed by atoms with Gasteiger partial charge in [0.05, 0.1) is 5.52 Å². The van der Waals surface area contributed by atoms with Crippen molar-refractivity contribution < 1.29 is 8.42 Å². The lowest BCUT2D eigenvalue weighted by atomic mass is 10.3. The Morgan fingerprint density at radius 2 is 2.06 bits per heavy atom. The molecule has 6 heteroatoms. The summed E-state index contributed by atoms with van der Waals surface area (Å²) in [6.07, 6.45) is 3.37. The first-order valence-electron chi connectivity index (χ1n) is 5.82. The number of hydrogen-bond donors (Lipinski definition) is 1. The zero-order valence-electron chi connectivity index (χ0n) is 10.1. The van der Waals surface area contributed by atoms with Crippen LogP contribution in [0.15, 0.2) is 34.9 Å². The van der Waals surface area contributed by atoms with Crippen LogP contribution in [0.4, 0.5) is 0 Å². The quantitative estimate of drug-likeness (QED) is 0.857. The fourth-order valence-electron chi connectivity index (χ4n) is 1.76. The van der Waals surface area contributed by atoms with Gasteiger partial charge < -0.3 is 0 Å². The Bertz CT molecular complexity index is 649. The number of fused-ring (bicyclic) bond motifs is 1. The molecule has 0 saturated heterocycles. The van der Waals surface area contributed by atoms with Crippen molar-refractivity contribution in [1.29, 1.82) is 0 Å². The molecule has 1 aromatic carbocycles. The molecule has 0 bridgehead atoms. The molecular weight excluding hydrogens is 316 g/mol. The minimum Gasteiger partial charge on any atom is -0.231 e. The second-order valence-corrected chi connectivity index (χ2v) is 6.53. The third-order valence-corrected chi connectivity index (χ3v) is 4.72. The van der Waals surface area contributed by atoms with Crippen LogP contribution in [0.1, 0.15) is 19.8 Å². The van der Waals surface area contributed by atoms with Crippen molar-refractivity contribution in [3.8, 4) is 0 Å². The van der Waals surface area contributed by atoms with Gasteiger partial charge >= 0.3 is 10.2 Å². The number of para-hydroxylation sites is 1. The van der Waals surface area contributed by atoms with Crippen LogP contribution in [0.2, 0.25) is 0 Å². The fourth-order valence-corrected chi connectivity index (χ4v) is 3.64. The Kier molecular flexibility index (Phi) is 4.09. The van der Waals surface area contributed by atoms with Gasteiger partial charge in [0.2, 0.25) is 0 Å². The first-order chi connectivity index (χ1) is 8.56. The van der Waals surface area contributed by atoms with Gasteiger partial charge in [0.1, 0.15) is 0 Å². The van der Waals surface area contributed by atoms with Crippen LogP contribution in [-0.2, 0) is 10.2 Å². The molecule has 1 N–H and O–H groups in total. The maximum atomic E-state index is 12.2. The Balaban J connectivity index is 2.41. The van der Waals surface area contributed by atoms with E-state index in [4.69, 9.17) is 0 Å². The average Bonchev–Trinajstić information content (AvgIpc) is 2.69. The van der Waals surface area contributed by atoms with Crippen LogP contribution in [0, 0.1) is 0 Å². The zero-order valence-corrected chi connectivity index (χ0v) is 12.5. The van der Waals surface area contributed by atoms with Gasteiger partial charge in [-0.2, -0.15) is 13.1 Å². The Morgan fingerprint density at radius 1 is 1.33 bits per heavy atom. The first-order valence-corrected chi connectivity index (χ1v) is 8.05. The lowest BCUT2D eigenvalue weighted by Crippen LogP contribution is -2.30. The molecular formula is C12H15BrN2O2S. The van der Waals surface area contributed by atoms with Gasteiger partial charge in [-0.25, -0.2) is 3.97 Å². The molecule has 0 spiro atoms. The van der Waals surface area contributed by atoms with Crippen molar-refractivity contribution in [3.63, 3.8) is 0 Å². The number of benzene rings is 1. The van der Waals surface area contributed by atoms with Gasteiger partial charge in [-0.1, -0.05) is 31.5 Å². The highest BCUT2D eigenvalue weighted by Gasteiger charge is 2.16. The molecule has 2 rings (SSSR count). The third-order valence-electron chi connectivity index (χ3n) is 2.70. The van der Waals surface area contributed by atoms with Crippen molar-refractivity contribution in [2.45, 2.75) is 19.8 Å². The molecule has 0 radical (unpaired) electrons. The predicted octanol–water partition coefficient (Wildman–Crippen LogP) is 2.89. The average molecular weight is 331 g/mol. The van der Waals surface area contributed by atoms with E-state index in [9.17, 15) is 8.42 Å². The molecule has 1 aromatic heterocycles. The molecule has 0 amide bonds. The van der Waals surface area contributed by atoms with E-state index in [-0.39, 0.29) is 0 Å². The van der Waals surface area contributed by atoms with Crippen molar-refractivity contribution in [2.24, 2.45) is 0 Å². The van der Waals surface area contributed by atoms with Crippen LogP contribution >= 0.6 is 15.9 Å². The highest BCUT2D eigenvalue weighted by atomic mass is 79.9. The highest BCUT2D eigenvalue weighted by Crippen LogP contribution is 2.26. The SMILES string of the molecule is CCCCNS(=O)(=O)n1cc(Br)c2ccccc21. The Labute approximate surface area is 115 Å². The van der Waals surface area contributed by atoms with Gasteiger partial charge in [0, 0.05) is 22.6 Å². The molecule has 0 atom stereocenters. The van der Waals surface area contributed by atoms with Crippen LogP contribution in [0.3, 0.4) is 0 Å². The topological polar surface area (TPSA) is 51.1 Å². The van der Waals surface area contributed by atoms with Gasteiger partial charge in [-0.3, -0.25) is 0 Å². The van der Waals surface area contributed by atoms with Crippen LogP contribution in [0.25, 0.3) is 10.9 Å². The summed E-state index contributed by atoms with van der Waals surface area (Å²) in [5, 5.41) is 0.887. The van der Waals surface area contributed by atoms with E-state index in [0.29, 0.717) is 12.1 Å². The van der Waals surface area contributed by atoms with Crippen LogP contribution < -0.4 is 4.72 Å². The summed E-state index contributed by atoms with van der Waals surface area (Å²) in [7, 11) is -3.50. The molecule has 0 unspecified atom stereocenters. The maximum absolute atomic E-state index is 12.2. The number of nitrogens with one attached hydrogen (secondary N) is 1. The van der Waals surface area contributed by atoms with E-state index in [1.165, 1.54) is 3.97 Å². The maximum Gasteiger partial charge on any atom is 0.305 e. The highest BCUT2D eigenvalue weighted by molar-refractivity contribution is 9.10. The van der Waals surface area contributed by atoms with Gasteiger partial charge in [0.25, 0.3) is 0 Å². The number of halogens is 1. The van der Waals surface area contributed by atoms with E-state index in [1.54, 1.807) is 12.3 Å². The van der Waals surface area contributed by atoms with Crippen molar-refractivity contribution in [2.75, 3.05) is 6.54 Å². The van der Waals surface area contributed by atoms with Gasteiger partial charge in [-0.05, 0) is 28.4 Å². The van der Waals surface area contributed by atoms with E-state index in [0.717, 1.165) is 22.7 Å². The number of rotatable bonds is 5. The van der Waals surface area contributed by atoms with E-state index in [2.05, 4.69) is 20.7 Å². The van der Waals surface area contributed by atoms with Crippen LogP contribution in [-0.4, -0.2) is 18.9 Å². The molecule has 98 valence electrons. The standard InChI is InChI=1S/C12H15BrN2O2S/c1-2-3-8-14-18(16,17)15-9-11(13)10-6-4-5-7-12(10)15/h4-7,9,14H,2-3,8H2,1H3. The molecule has 0 fully saturated rings. The lowest BCUT2D eigenvalue weighted by molar-refractivity contribution is 0.571. The van der Waals surface area contributed by atoms with Gasteiger partial charge in [-0.15, -0.1) is 0 Å². The molecule has 18 heavy (non-hydrogen) atoms. The molecule has 0 saturated carbocycles. The summed E-state index contributed by atoms with van der Waals surface area (Å²) in [6.45, 7) is 2.49. The van der Waals surface area contributed by atoms with E-state index in [1.807, 2.05) is 25.1 Å². The molecule has 0 aliphatic carbocycles. The summed E-state index contributed by atoms with van der Waals surface area (Å²) in [6, 6.07) is 7.39. The summed E-state index contributed by atoms with van der Waals surface area (Å²) < 4.78 is 29.0. The predicted molar refractivity (Wildman–Crippen MR) is 76.9 cm³/mol. The smallest absolute Gasteiger partial charge is 0.231 e. The normalized spacial score (nSPS) is 12.1. The van der Waals surface area contributed by atoms with Crippen molar-refractivity contribution in [3.05, 3.63) is 34.9 Å². The lowest BCUT2D eigenvalue weighted by Gasteiger charge is -2.08. The Morgan fingerprint density at radius 3 is 2.78 bits per heavy atom. The summed E-state index contributed by atoms with van der Waals surface area (Å²) >= 11 is 3.38. The molecule has 1 heterocycles. The van der Waals surface area contributed by atoms with E-state index >= 15 is 0 Å². The second-order valence-electron chi connectivity index (χ2n) is 4.04. The molecule has 2 aromatic rings. The minimum absolute atomic E-state index is 0.461. The fraction of sp³-hybridized carbons (Fsp3) is 0.333. The first kappa shape index (κ1) is 13.6. The van der Waals surface area contributed by atoms with E-state index < -0.39 is 10.2 Å². The van der Waals surface area contributed by atoms with Crippen LogP contribution in [0.5, 0.6) is 0 Å². The zero-order chi connectivity index (χ0) is 13.2. The summed E-state index contributed by atoms with van der Waals surface area (Å²) in [5.74, 6) is 0. The summed E-state index contributed by atoms with van der Waals surface area (Å²) in [4.78, 5) is 0. The molecule has 0 aliphatic heterocycles. The monoisotopic (exact) mass is 330 g/mol. The van der Waals surface area contributed by atoms with Crippen molar-refractivity contribution >= 4 is 37.0 Å². The summed E-state index contributed by atoms with van der Waals surface area (Å²) in [5.41, 5.74) is 0.674. The minimum atomic E-state index is -3.50. The molecule has 4 nitrogen and oxygen atoms in total. The number of hydrogen-bond acceptors (Lipinski definition) is 2. The van der Waals surface area contributed by atoms with Gasteiger partial charge in [0.15, 0.2) is 0 Å². The number of unbranched alkanes of at least 4 members (excludes halogenated alkanes) is 1. The largest absolute Gasteiger partial charge is 0.305 e. The second kappa shape index (κ2) is 5.42. The third kappa shape index (κ3) is 2.60. The van der Waals surface area contributed by atoms with Crippen molar-refractivity contribution in [1.82, 2.24) is 8.69 Å².